The zero-order chi connectivity index (χ0) is 25.8. The van der Waals surface area contributed by atoms with Gasteiger partial charge in [-0.05, 0) is 72.6 Å². The summed E-state index contributed by atoms with van der Waals surface area (Å²) in [5.41, 5.74) is 4.04. The fourth-order valence-electron chi connectivity index (χ4n) is 3.74. The summed E-state index contributed by atoms with van der Waals surface area (Å²) in [6, 6.07) is 29.9. The quantitative estimate of drug-likeness (QED) is 0.204. The van der Waals surface area contributed by atoms with Crippen LogP contribution in [0.2, 0.25) is 5.02 Å². The van der Waals surface area contributed by atoms with Crippen LogP contribution in [0.15, 0.2) is 102 Å². The fourth-order valence-corrected chi connectivity index (χ4v) is 5.92. The zero-order valence-electron chi connectivity index (χ0n) is 19.8. The maximum absolute atomic E-state index is 13.4. The summed E-state index contributed by atoms with van der Waals surface area (Å²) in [5, 5.41) is 6.48. The van der Waals surface area contributed by atoms with E-state index >= 15 is 0 Å². The van der Waals surface area contributed by atoms with E-state index in [-0.39, 0.29) is 11.8 Å². The van der Waals surface area contributed by atoms with Gasteiger partial charge in [0.05, 0.1) is 10.2 Å². The van der Waals surface area contributed by atoms with Crippen LogP contribution in [0.1, 0.15) is 26.7 Å². The number of benzene rings is 4. The van der Waals surface area contributed by atoms with Gasteiger partial charge >= 0.3 is 0 Å². The number of thioether (sulfide) groups is 1. The predicted molar refractivity (Wildman–Crippen MR) is 154 cm³/mol. The van der Waals surface area contributed by atoms with Crippen molar-refractivity contribution >= 4 is 67.5 Å². The van der Waals surface area contributed by atoms with Crippen molar-refractivity contribution in [3.8, 4) is 0 Å². The Morgan fingerprint density at radius 2 is 1.68 bits per heavy atom. The minimum Gasteiger partial charge on any atom is -0.322 e. The molecule has 1 unspecified atom stereocenters. The number of fused-ring (bicyclic) bond motifs is 1. The highest BCUT2D eigenvalue weighted by atomic mass is 35.5. The van der Waals surface area contributed by atoms with E-state index in [9.17, 15) is 9.59 Å². The van der Waals surface area contributed by atoms with Crippen molar-refractivity contribution < 1.29 is 9.59 Å². The number of aryl methyl sites for hydroxylation is 1. The first-order chi connectivity index (χ1) is 17.9. The minimum absolute atomic E-state index is 0.148. The van der Waals surface area contributed by atoms with E-state index in [1.165, 1.54) is 23.1 Å². The lowest BCUT2D eigenvalue weighted by molar-refractivity contribution is -0.115. The first-order valence-electron chi connectivity index (χ1n) is 11.5. The summed E-state index contributed by atoms with van der Waals surface area (Å²) in [6.45, 7) is 2.04. The number of nitrogens with zero attached hydrogens (tertiary/aromatic N) is 1. The summed E-state index contributed by atoms with van der Waals surface area (Å²) in [7, 11) is 0. The van der Waals surface area contributed by atoms with E-state index in [0.717, 1.165) is 26.2 Å². The van der Waals surface area contributed by atoms with Crippen molar-refractivity contribution in [2.45, 2.75) is 17.1 Å². The van der Waals surface area contributed by atoms with Crippen LogP contribution >= 0.6 is 34.7 Å². The Kier molecular flexibility index (Phi) is 7.55. The lowest BCUT2D eigenvalue weighted by Crippen LogP contribution is -2.18. The molecule has 37 heavy (non-hydrogen) atoms. The molecule has 0 aliphatic heterocycles. The topological polar surface area (TPSA) is 71.1 Å². The van der Waals surface area contributed by atoms with Crippen molar-refractivity contribution in [3.05, 3.63) is 119 Å². The van der Waals surface area contributed by atoms with Gasteiger partial charge in [-0.1, -0.05) is 65.4 Å². The van der Waals surface area contributed by atoms with Crippen molar-refractivity contribution in [1.29, 1.82) is 0 Å². The lowest BCUT2D eigenvalue weighted by atomic mass is 10.1. The van der Waals surface area contributed by atoms with E-state index < -0.39 is 5.25 Å². The highest BCUT2D eigenvalue weighted by Gasteiger charge is 2.23. The van der Waals surface area contributed by atoms with E-state index in [1.807, 2.05) is 73.7 Å². The normalized spacial score (nSPS) is 11.7. The molecule has 0 bridgehead atoms. The minimum atomic E-state index is -0.484. The Morgan fingerprint density at radius 1 is 0.892 bits per heavy atom. The van der Waals surface area contributed by atoms with Crippen molar-refractivity contribution in [2.24, 2.45) is 0 Å². The molecule has 1 heterocycles. The third kappa shape index (κ3) is 6.20. The first-order valence-corrected chi connectivity index (χ1v) is 13.6. The third-order valence-electron chi connectivity index (χ3n) is 5.57. The molecule has 1 atom stereocenters. The van der Waals surface area contributed by atoms with Crippen LogP contribution in [0.25, 0.3) is 10.2 Å². The monoisotopic (exact) mass is 543 g/mol. The Hall–Kier alpha value is -3.65. The Bertz CT molecular complexity index is 1570. The second kappa shape index (κ2) is 11.2. The van der Waals surface area contributed by atoms with Crippen molar-refractivity contribution in [2.75, 3.05) is 10.6 Å². The Morgan fingerprint density at radius 3 is 2.43 bits per heavy atom. The molecule has 0 aliphatic rings. The number of anilines is 2. The van der Waals surface area contributed by atoms with Crippen LogP contribution in [0, 0.1) is 6.92 Å². The first kappa shape index (κ1) is 25.0. The molecule has 0 radical (unpaired) electrons. The third-order valence-corrected chi connectivity index (χ3v) is 8.00. The van der Waals surface area contributed by atoms with Gasteiger partial charge in [0.15, 0.2) is 5.13 Å². The lowest BCUT2D eigenvalue weighted by Gasteiger charge is -2.16. The second-order valence-corrected chi connectivity index (χ2v) is 11.0. The number of hydrogen-bond acceptors (Lipinski definition) is 5. The summed E-state index contributed by atoms with van der Waals surface area (Å²) >= 11 is 8.90. The van der Waals surface area contributed by atoms with Crippen molar-refractivity contribution in [3.63, 3.8) is 0 Å². The van der Waals surface area contributed by atoms with Gasteiger partial charge in [0, 0.05) is 21.2 Å². The number of aromatic nitrogens is 1. The molecule has 5 nitrogen and oxygen atoms in total. The Balaban J connectivity index is 1.32. The molecule has 0 saturated carbocycles. The largest absolute Gasteiger partial charge is 0.322 e. The molecule has 4 aromatic carbocycles. The SMILES string of the molecule is Cc1ccc2nc(NC(=O)C(Sc3ccc(NC(=O)c4cccc(Cl)c4)cc3)c3ccccc3)sc2c1. The van der Waals surface area contributed by atoms with E-state index in [0.29, 0.717) is 21.4 Å². The highest BCUT2D eigenvalue weighted by Crippen LogP contribution is 2.37. The predicted octanol–water partition coefficient (Wildman–Crippen LogP) is 7.98. The maximum Gasteiger partial charge on any atom is 0.255 e. The van der Waals surface area contributed by atoms with Gasteiger partial charge in [-0.25, -0.2) is 4.98 Å². The van der Waals surface area contributed by atoms with Crippen LogP contribution in [-0.4, -0.2) is 16.8 Å². The molecule has 0 aliphatic carbocycles. The van der Waals surface area contributed by atoms with Gasteiger partial charge in [-0.3, -0.25) is 9.59 Å². The van der Waals surface area contributed by atoms with E-state index in [4.69, 9.17) is 11.6 Å². The molecule has 0 fully saturated rings. The van der Waals surface area contributed by atoms with Crippen LogP contribution < -0.4 is 10.6 Å². The molecule has 184 valence electrons. The van der Waals surface area contributed by atoms with E-state index in [1.54, 1.807) is 24.3 Å². The molecule has 2 N–H and O–H groups in total. The number of carbonyl (C=O) groups is 2. The highest BCUT2D eigenvalue weighted by molar-refractivity contribution is 8.00. The fraction of sp³-hybridized carbons (Fsp3) is 0.0690. The maximum atomic E-state index is 13.4. The number of halogens is 1. The Labute approximate surface area is 227 Å². The number of carbonyl (C=O) groups excluding carboxylic acids is 2. The number of nitrogens with one attached hydrogen (secondary N) is 2. The van der Waals surface area contributed by atoms with Crippen molar-refractivity contribution in [1.82, 2.24) is 4.98 Å². The van der Waals surface area contributed by atoms with E-state index in [2.05, 4.69) is 21.7 Å². The van der Waals surface area contributed by atoms with Gasteiger partial charge < -0.3 is 10.6 Å². The summed E-state index contributed by atoms with van der Waals surface area (Å²) in [5.74, 6) is -0.388. The van der Waals surface area contributed by atoms with Gasteiger partial charge in [-0.15, -0.1) is 11.8 Å². The average molecular weight is 544 g/mol. The number of thiazole rings is 1. The van der Waals surface area contributed by atoms with Gasteiger partial charge in [0.2, 0.25) is 5.91 Å². The zero-order valence-corrected chi connectivity index (χ0v) is 22.2. The van der Waals surface area contributed by atoms with Gasteiger partial charge in [0.25, 0.3) is 5.91 Å². The van der Waals surface area contributed by atoms with Crippen LogP contribution in [0.5, 0.6) is 0 Å². The summed E-state index contributed by atoms with van der Waals surface area (Å²) < 4.78 is 1.04. The molecule has 5 aromatic rings. The summed E-state index contributed by atoms with van der Waals surface area (Å²) in [6.07, 6.45) is 0. The molecule has 2 amide bonds. The molecule has 5 rings (SSSR count). The summed E-state index contributed by atoms with van der Waals surface area (Å²) in [4.78, 5) is 31.4. The molecule has 8 heteroatoms. The standard InChI is InChI=1S/C29H22ClN3O2S2/c1-18-10-15-24-25(16-18)37-29(32-24)33-28(35)26(19-6-3-2-4-7-19)36-23-13-11-22(12-14-23)31-27(34)20-8-5-9-21(30)17-20/h2-17,26H,1H3,(H,31,34)(H,32,33,35). The van der Waals surface area contributed by atoms with Gasteiger partial charge in [-0.2, -0.15) is 0 Å². The van der Waals surface area contributed by atoms with Crippen LogP contribution in [-0.2, 0) is 4.79 Å². The smallest absolute Gasteiger partial charge is 0.255 e. The van der Waals surface area contributed by atoms with Crippen LogP contribution in [0.4, 0.5) is 10.8 Å². The second-order valence-electron chi connectivity index (χ2n) is 8.38. The molecule has 0 saturated heterocycles. The molecular weight excluding hydrogens is 522 g/mol. The van der Waals surface area contributed by atoms with Gasteiger partial charge in [0.1, 0.15) is 5.25 Å². The average Bonchev–Trinajstić information content (AvgIpc) is 3.29. The number of hydrogen-bond donors (Lipinski definition) is 2. The number of amides is 2. The molecule has 0 spiro atoms. The molecule has 1 aromatic heterocycles. The number of rotatable bonds is 7. The molecular formula is C29H22ClN3O2S2. The van der Waals surface area contributed by atoms with Crippen LogP contribution in [0.3, 0.4) is 0 Å².